The van der Waals surface area contributed by atoms with Gasteiger partial charge in [0.25, 0.3) is 0 Å². The number of rotatable bonds is 2. The summed E-state index contributed by atoms with van der Waals surface area (Å²) in [6.45, 7) is 1.71. The predicted octanol–water partition coefficient (Wildman–Crippen LogP) is 2.37. The van der Waals surface area contributed by atoms with Crippen molar-refractivity contribution in [2.75, 3.05) is 18.4 Å². The van der Waals surface area contributed by atoms with Crippen LogP contribution in [0, 0.1) is 15.3 Å². The fraction of sp³-hybridized carbons (Fsp3) is 0.417. The van der Waals surface area contributed by atoms with Gasteiger partial charge in [0.1, 0.15) is 5.82 Å². The van der Waals surface area contributed by atoms with Crippen LogP contribution in [0.15, 0.2) is 18.2 Å². The first-order valence-electron chi connectivity index (χ1n) is 5.63. The summed E-state index contributed by atoms with van der Waals surface area (Å²) >= 11 is 2.02. The molecule has 1 aliphatic rings. The van der Waals surface area contributed by atoms with Crippen LogP contribution < -0.4 is 10.6 Å². The number of nitrogens with one attached hydrogen (secondary N) is 2. The molecular weight excluding hydrogens is 334 g/mol. The van der Waals surface area contributed by atoms with Gasteiger partial charge in [0, 0.05) is 10.1 Å². The lowest BCUT2D eigenvalue weighted by atomic mass is 9.99. The smallest absolute Gasteiger partial charge is 0.228 e. The van der Waals surface area contributed by atoms with Crippen molar-refractivity contribution in [3.05, 3.63) is 27.6 Å². The number of piperidine rings is 1. The molecule has 0 radical (unpaired) electrons. The molecule has 5 heteroatoms. The zero-order valence-corrected chi connectivity index (χ0v) is 11.5. The second kappa shape index (κ2) is 5.77. The molecule has 0 saturated carbocycles. The summed E-state index contributed by atoms with van der Waals surface area (Å²) < 4.78 is 13.6. The highest BCUT2D eigenvalue weighted by atomic mass is 127. The largest absolute Gasteiger partial charge is 0.325 e. The highest BCUT2D eigenvalue weighted by molar-refractivity contribution is 14.1. The Bertz CT molecular complexity index is 419. The Morgan fingerprint density at radius 1 is 1.53 bits per heavy atom. The minimum absolute atomic E-state index is 0.0155. The Morgan fingerprint density at radius 3 is 3.00 bits per heavy atom. The molecular formula is C12H14FIN2O. The molecule has 3 nitrogen and oxygen atoms in total. The molecule has 2 N–H and O–H groups in total. The molecule has 1 atom stereocenters. The topological polar surface area (TPSA) is 41.1 Å². The van der Waals surface area contributed by atoms with Crippen molar-refractivity contribution in [1.29, 1.82) is 0 Å². The van der Waals surface area contributed by atoms with Gasteiger partial charge < -0.3 is 10.6 Å². The minimum Gasteiger partial charge on any atom is -0.325 e. The van der Waals surface area contributed by atoms with E-state index in [-0.39, 0.29) is 17.6 Å². The summed E-state index contributed by atoms with van der Waals surface area (Å²) in [7, 11) is 0. The lowest BCUT2D eigenvalue weighted by Gasteiger charge is -2.22. The van der Waals surface area contributed by atoms with E-state index in [0.29, 0.717) is 5.69 Å². The van der Waals surface area contributed by atoms with Gasteiger partial charge in [-0.1, -0.05) is 0 Å². The van der Waals surface area contributed by atoms with E-state index < -0.39 is 0 Å². The maximum Gasteiger partial charge on any atom is 0.228 e. The SMILES string of the molecule is O=C(Nc1ccc(F)cc1I)[C@H]1CCCNC1. The molecule has 1 aromatic rings. The molecule has 17 heavy (non-hydrogen) atoms. The molecule has 92 valence electrons. The molecule has 2 rings (SSSR count). The standard InChI is InChI=1S/C12H14FIN2O/c13-9-3-4-11(10(14)6-9)16-12(17)8-2-1-5-15-7-8/h3-4,6,8,15H,1-2,5,7H2,(H,16,17)/t8-/m0/s1. The number of benzene rings is 1. The Labute approximate surface area is 113 Å². The third-order valence-corrected chi connectivity index (χ3v) is 3.75. The Hall–Kier alpha value is -0.690. The van der Waals surface area contributed by atoms with E-state index in [0.717, 1.165) is 29.5 Å². The number of hydrogen-bond donors (Lipinski definition) is 2. The lowest BCUT2D eigenvalue weighted by Crippen LogP contribution is -2.37. The van der Waals surface area contributed by atoms with Crippen LogP contribution in [0.3, 0.4) is 0 Å². The first-order chi connectivity index (χ1) is 8.16. The van der Waals surface area contributed by atoms with Gasteiger partial charge >= 0.3 is 0 Å². The molecule has 1 heterocycles. The number of anilines is 1. The van der Waals surface area contributed by atoms with E-state index in [1.54, 1.807) is 6.07 Å². The Balaban J connectivity index is 2.02. The predicted molar refractivity (Wildman–Crippen MR) is 73.3 cm³/mol. The first-order valence-corrected chi connectivity index (χ1v) is 6.71. The van der Waals surface area contributed by atoms with Crippen molar-refractivity contribution in [1.82, 2.24) is 5.32 Å². The van der Waals surface area contributed by atoms with Gasteiger partial charge in [-0.05, 0) is 60.2 Å². The highest BCUT2D eigenvalue weighted by Crippen LogP contribution is 2.20. The third kappa shape index (κ3) is 3.38. The fourth-order valence-corrected chi connectivity index (χ4v) is 2.51. The second-order valence-electron chi connectivity index (χ2n) is 4.16. The number of halogens is 2. The van der Waals surface area contributed by atoms with Crippen LogP contribution >= 0.6 is 22.6 Å². The van der Waals surface area contributed by atoms with E-state index in [1.807, 2.05) is 22.6 Å². The van der Waals surface area contributed by atoms with Crippen molar-refractivity contribution in [3.63, 3.8) is 0 Å². The third-order valence-electron chi connectivity index (χ3n) is 2.86. The lowest BCUT2D eigenvalue weighted by molar-refractivity contribution is -0.120. The summed E-state index contributed by atoms with van der Waals surface area (Å²) in [5.41, 5.74) is 0.683. The van der Waals surface area contributed by atoms with Gasteiger partial charge in [0.2, 0.25) is 5.91 Å². The summed E-state index contributed by atoms with van der Waals surface area (Å²) in [6.07, 6.45) is 1.94. The van der Waals surface area contributed by atoms with Gasteiger partial charge in [-0.3, -0.25) is 4.79 Å². The average Bonchev–Trinajstić information content (AvgIpc) is 2.34. The minimum atomic E-state index is -0.285. The monoisotopic (exact) mass is 348 g/mol. The molecule has 0 spiro atoms. The molecule has 1 fully saturated rings. The first kappa shape index (κ1) is 12.8. The van der Waals surface area contributed by atoms with Gasteiger partial charge in [0.05, 0.1) is 11.6 Å². The van der Waals surface area contributed by atoms with Gasteiger partial charge in [-0.2, -0.15) is 0 Å². The Morgan fingerprint density at radius 2 is 2.35 bits per heavy atom. The van der Waals surface area contributed by atoms with Crippen LogP contribution in [-0.2, 0) is 4.79 Å². The van der Waals surface area contributed by atoms with E-state index in [9.17, 15) is 9.18 Å². The summed E-state index contributed by atoms with van der Waals surface area (Å²) in [5.74, 6) is -0.252. The van der Waals surface area contributed by atoms with Crippen LogP contribution in [0.5, 0.6) is 0 Å². The van der Waals surface area contributed by atoms with Crippen molar-refractivity contribution in [2.24, 2.45) is 5.92 Å². The summed E-state index contributed by atoms with van der Waals surface area (Å²) in [4.78, 5) is 12.0. The molecule has 1 amide bonds. The van der Waals surface area contributed by atoms with Crippen molar-refractivity contribution < 1.29 is 9.18 Å². The fourth-order valence-electron chi connectivity index (χ4n) is 1.90. The van der Waals surface area contributed by atoms with Gasteiger partial charge in [-0.15, -0.1) is 0 Å². The number of carbonyl (C=O) groups excluding carboxylic acids is 1. The van der Waals surface area contributed by atoms with Crippen molar-refractivity contribution in [3.8, 4) is 0 Å². The molecule has 0 bridgehead atoms. The van der Waals surface area contributed by atoms with Crippen LogP contribution in [0.4, 0.5) is 10.1 Å². The number of hydrogen-bond acceptors (Lipinski definition) is 2. The molecule has 0 aromatic heterocycles. The number of carbonyl (C=O) groups is 1. The number of amides is 1. The van der Waals surface area contributed by atoms with E-state index in [2.05, 4.69) is 10.6 Å². The molecule has 0 aliphatic carbocycles. The zero-order chi connectivity index (χ0) is 12.3. The summed E-state index contributed by atoms with van der Waals surface area (Å²) in [6, 6.07) is 4.37. The van der Waals surface area contributed by atoms with Gasteiger partial charge in [0.15, 0.2) is 0 Å². The van der Waals surface area contributed by atoms with Crippen LogP contribution in [-0.4, -0.2) is 19.0 Å². The average molecular weight is 348 g/mol. The Kier molecular flexibility index (Phi) is 4.33. The van der Waals surface area contributed by atoms with Crippen molar-refractivity contribution in [2.45, 2.75) is 12.8 Å². The molecule has 1 saturated heterocycles. The molecule has 0 unspecified atom stereocenters. The molecule has 1 aliphatic heterocycles. The van der Waals surface area contributed by atoms with Crippen LogP contribution in [0.2, 0.25) is 0 Å². The maximum atomic E-state index is 12.9. The zero-order valence-electron chi connectivity index (χ0n) is 9.30. The van der Waals surface area contributed by atoms with Crippen LogP contribution in [0.1, 0.15) is 12.8 Å². The van der Waals surface area contributed by atoms with E-state index in [1.165, 1.54) is 12.1 Å². The maximum absolute atomic E-state index is 12.9. The van der Waals surface area contributed by atoms with Crippen LogP contribution in [0.25, 0.3) is 0 Å². The van der Waals surface area contributed by atoms with Crippen molar-refractivity contribution >= 4 is 34.2 Å². The normalized spacial score (nSPS) is 20.0. The quantitative estimate of drug-likeness (QED) is 0.806. The second-order valence-corrected chi connectivity index (χ2v) is 5.32. The summed E-state index contributed by atoms with van der Waals surface area (Å²) in [5, 5.41) is 6.06. The highest BCUT2D eigenvalue weighted by Gasteiger charge is 2.21. The van der Waals surface area contributed by atoms with E-state index in [4.69, 9.17) is 0 Å². The van der Waals surface area contributed by atoms with E-state index >= 15 is 0 Å². The molecule has 1 aromatic carbocycles. The van der Waals surface area contributed by atoms with Gasteiger partial charge in [-0.25, -0.2) is 4.39 Å².